The molecular weight excluding hydrogens is 648 g/mol. The summed E-state index contributed by atoms with van der Waals surface area (Å²) in [5.41, 5.74) is -1.77. The number of phosphoric ester groups is 2. The number of nitrogens with zero attached hydrogens (tertiary/aromatic N) is 1. The van der Waals surface area contributed by atoms with E-state index in [1.165, 1.54) is 7.11 Å². The number of methoxy groups -OCH3 is 1. The van der Waals surface area contributed by atoms with E-state index in [-0.39, 0.29) is 13.2 Å². The van der Waals surface area contributed by atoms with Crippen molar-refractivity contribution in [3.8, 4) is 0 Å². The van der Waals surface area contributed by atoms with E-state index in [0.717, 1.165) is 16.8 Å². The third kappa shape index (κ3) is 9.77. The molecular formula is C20H33N3O19P2. The third-order valence-electron chi connectivity index (χ3n) is 6.14. The summed E-state index contributed by atoms with van der Waals surface area (Å²) in [5.74, 6) is -0.675. The van der Waals surface area contributed by atoms with Crippen LogP contribution in [-0.2, 0) is 46.2 Å². The summed E-state index contributed by atoms with van der Waals surface area (Å²) in [6, 6.07) is 0.924. The molecule has 11 atom stereocenters. The van der Waals surface area contributed by atoms with E-state index < -0.39 is 108 Å². The number of ether oxygens (including phenoxy) is 4. The molecule has 1 amide bonds. The summed E-state index contributed by atoms with van der Waals surface area (Å²) in [5, 5.41) is 53.2. The van der Waals surface area contributed by atoms with E-state index in [4.69, 9.17) is 18.9 Å². The summed E-state index contributed by atoms with van der Waals surface area (Å²) in [4.78, 5) is 57.0. The minimum Gasteiger partial charge on any atom is -0.388 e. The Bertz CT molecular complexity index is 1330. The highest BCUT2D eigenvalue weighted by Gasteiger charge is 2.49. The SMILES string of the molecule is COCCOCC(=O)NCC1O[C@H](OP(=O)(O)OP(=O)(O)OCC2OC(n3ccc(=O)[nH]c3=O)[C@H](O)[C@@H]2O)C(O)[C@@H](O)[C@H]1O. The Hall–Kier alpha value is -1.95. The van der Waals surface area contributed by atoms with E-state index in [1.54, 1.807) is 0 Å². The fraction of sp³-hybridized carbons (Fsp3) is 0.750. The van der Waals surface area contributed by atoms with Gasteiger partial charge in [0.25, 0.3) is 5.56 Å². The van der Waals surface area contributed by atoms with E-state index in [2.05, 4.69) is 18.7 Å². The smallest absolute Gasteiger partial charge is 0.388 e. The molecule has 22 nitrogen and oxygen atoms in total. The minimum absolute atomic E-state index is 0.104. The summed E-state index contributed by atoms with van der Waals surface area (Å²) in [6.45, 7) is -1.64. The normalized spacial score (nSPS) is 33.4. The number of rotatable bonds is 15. The largest absolute Gasteiger partial charge is 0.483 e. The summed E-state index contributed by atoms with van der Waals surface area (Å²) < 4.78 is 59.0. The van der Waals surface area contributed by atoms with Gasteiger partial charge in [-0.3, -0.25) is 28.2 Å². The standard InChI is InChI=1S/C20H33N3O19P2/c1-36-4-5-37-8-12(25)21-6-9-13(26)15(28)17(30)19(40-9)41-44(34,35)42-43(32,33)38-7-10-14(27)16(29)18(39-10)23-3-2-11(24)22-20(23)31/h2-3,9-10,13-19,26-30H,4-8H2,1H3,(H,21,25)(H,32,33)(H,34,35)(H,22,24,31)/t9?,10?,13-,14+,15-,16+,17?,18?,19+/m0/s1. The highest BCUT2D eigenvalue weighted by Crippen LogP contribution is 2.61. The lowest BCUT2D eigenvalue weighted by atomic mass is 9.99. The van der Waals surface area contributed by atoms with Gasteiger partial charge in [0, 0.05) is 25.9 Å². The highest BCUT2D eigenvalue weighted by atomic mass is 31.3. The molecule has 6 unspecified atom stereocenters. The van der Waals surface area contributed by atoms with Crippen molar-refractivity contribution < 1.29 is 81.5 Å². The first-order valence-electron chi connectivity index (χ1n) is 12.6. The monoisotopic (exact) mass is 681 g/mol. The summed E-state index contributed by atoms with van der Waals surface area (Å²) >= 11 is 0. The van der Waals surface area contributed by atoms with Crippen LogP contribution in [0.15, 0.2) is 21.9 Å². The Kier molecular flexibility index (Phi) is 12.9. The van der Waals surface area contributed by atoms with Gasteiger partial charge in [-0.25, -0.2) is 13.9 Å². The lowest BCUT2D eigenvalue weighted by molar-refractivity contribution is -0.273. The number of aromatic amines is 1. The molecule has 2 saturated heterocycles. The Morgan fingerprint density at radius 2 is 1.66 bits per heavy atom. The van der Waals surface area contributed by atoms with Crippen molar-refractivity contribution in [2.45, 2.75) is 55.2 Å². The Balaban J connectivity index is 1.56. The fourth-order valence-corrected chi connectivity index (χ4v) is 6.10. The van der Waals surface area contributed by atoms with Crippen LogP contribution in [0.1, 0.15) is 6.23 Å². The zero-order valence-electron chi connectivity index (χ0n) is 22.8. The molecule has 2 aliphatic rings. The minimum atomic E-state index is -5.68. The molecule has 1 aromatic heterocycles. The molecule has 24 heteroatoms. The van der Waals surface area contributed by atoms with E-state index in [0.29, 0.717) is 0 Å². The molecule has 3 heterocycles. The number of aromatic nitrogens is 2. The maximum Gasteiger partial charge on any atom is 0.483 e. The van der Waals surface area contributed by atoms with Crippen LogP contribution in [0.3, 0.4) is 0 Å². The predicted molar refractivity (Wildman–Crippen MR) is 137 cm³/mol. The van der Waals surface area contributed by atoms with Crippen LogP contribution in [0.25, 0.3) is 0 Å². The zero-order valence-corrected chi connectivity index (χ0v) is 24.5. The molecule has 0 saturated carbocycles. The number of aliphatic hydroxyl groups is 5. The van der Waals surface area contributed by atoms with Crippen molar-refractivity contribution in [1.29, 1.82) is 0 Å². The average molecular weight is 681 g/mol. The van der Waals surface area contributed by atoms with Crippen molar-refractivity contribution in [3.05, 3.63) is 33.1 Å². The van der Waals surface area contributed by atoms with Crippen LogP contribution in [0.5, 0.6) is 0 Å². The van der Waals surface area contributed by atoms with Crippen LogP contribution in [0.4, 0.5) is 0 Å². The number of aliphatic hydroxyl groups excluding tert-OH is 5. The molecule has 44 heavy (non-hydrogen) atoms. The zero-order chi connectivity index (χ0) is 32.8. The maximum atomic E-state index is 12.5. The number of phosphoric acid groups is 2. The van der Waals surface area contributed by atoms with E-state index >= 15 is 0 Å². The van der Waals surface area contributed by atoms with Crippen LogP contribution >= 0.6 is 15.6 Å². The molecule has 3 rings (SSSR count). The lowest BCUT2D eigenvalue weighted by Crippen LogP contribution is -2.60. The molecule has 0 spiro atoms. The molecule has 0 bridgehead atoms. The number of nitrogens with one attached hydrogen (secondary N) is 2. The number of carbonyl (C=O) groups is 1. The average Bonchev–Trinajstić information content (AvgIpc) is 3.22. The van der Waals surface area contributed by atoms with Gasteiger partial charge in [-0.05, 0) is 0 Å². The van der Waals surface area contributed by atoms with Gasteiger partial charge in [0.2, 0.25) is 5.91 Å². The molecule has 252 valence electrons. The van der Waals surface area contributed by atoms with Crippen molar-refractivity contribution in [1.82, 2.24) is 14.9 Å². The Labute approximate surface area is 246 Å². The van der Waals surface area contributed by atoms with Crippen molar-refractivity contribution >= 4 is 21.6 Å². The fourth-order valence-electron chi connectivity index (χ4n) is 3.94. The summed E-state index contributed by atoms with van der Waals surface area (Å²) in [6.07, 6.45) is -15.6. The van der Waals surface area contributed by atoms with Crippen LogP contribution < -0.4 is 16.6 Å². The molecule has 0 aromatic carbocycles. The Morgan fingerprint density at radius 1 is 0.977 bits per heavy atom. The maximum absolute atomic E-state index is 12.5. The van der Waals surface area contributed by atoms with Gasteiger partial charge in [0.15, 0.2) is 12.5 Å². The van der Waals surface area contributed by atoms with E-state index in [1.807, 2.05) is 4.98 Å². The lowest BCUT2D eigenvalue weighted by Gasteiger charge is -2.40. The number of H-pyrrole nitrogens is 1. The van der Waals surface area contributed by atoms with Crippen molar-refractivity contribution in [2.24, 2.45) is 0 Å². The molecule has 1 aromatic rings. The first-order valence-corrected chi connectivity index (χ1v) is 15.6. The second-order valence-corrected chi connectivity index (χ2v) is 12.3. The van der Waals surface area contributed by atoms with Gasteiger partial charge in [0.1, 0.15) is 49.3 Å². The second kappa shape index (κ2) is 15.6. The summed E-state index contributed by atoms with van der Waals surface area (Å²) in [7, 11) is -9.80. The first kappa shape index (κ1) is 36.5. The van der Waals surface area contributed by atoms with Crippen LogP contribution in [0, 0.1) is 0 Å². The molecule has 2 aliphatic heterocycles. The topological polar surface area (TPSA) is 324 Å². The van der Waals surface area contributed by atoms with Gasteiger partial charge in [-0.1, -0.05) is 0 Å². The quantitative estimate of drug-likeness (QED) is 0.0618. The van der Waals surface area contributed by atoms with Crippen LogP contribution in [0.2, 0.25) is 0 Å². The number of hydrogen-bond donors (Lipinski definition) is 9. The number of carbonyl (C=O) groups excluding carboxylic acids is 1. The molecule has 0 aliphatic carbocycles. The van der Waals surface area contributed by atoms with Gasteiger partial charge < -0.3 is 59.6 Å². The Morgan fingerprint density at radius 3 is 2.32 bits per heavy atom. The molecule has 0 radical (unpaired) electrons. The first-order chi connectivity index (χ1) is 20.5. The van der Waals surface area contributed by atoms with Gasteiger partial charge >= 0.3 is 21.3 Å². The van der Waals surface area contributed by atoms with Crippen molar-refractivity contribution in [3.63, 3.8) is 0 Å². The molecule has 2 fully saturated rings. The molecule has 9 N–H and O–H groups in total. The van der Waals surface area contributed by atoms with Crippen LogP contribution in [-0.4, -0.2) is 140 Å². The van der Waals surface area contributed by atoms with Gasteiger partial charge in [-0.15, -0.1) is 0 Å². The van der Waals surface area contributed by atoms with E-state index in [9.17, 15) is 58.8 Å². The third-order valence-corrected chi connectivity index (χ3v) is 8.74. The predicted octanol–water partition coefficient (Wildman–Crippen LogP) is -5.01. The highest BCUT2D eigenvalue weighted by molar-refractivity contribution is 7.61. The number of hydrogen-bond acceptors (Lipinski definition) is 17. The van der Waals surface area contributed by atoms with Gasteiger partial charge in [0.05, 0.1) is 19.8 Å². The number of amides is 1. The van der Waals surface area contributed by atoms with Gasteiger partial charge in [-0.2, -0.15) is 4.31 Å². The second-order valence-electron chi connectivity index (χ2n) is 9.35. The van der Waals surface area contributed by atoms with Crippen molar-refractivity contribution in [2.75, 3.05) is 40.1 Å².